The molecular weight excluding hydrogens is 543 g/mol. The molecule has 4 aliphatic rings. The fourth-order valence-electron chi connectivity index (χ4n) is 5.97. The third-order valence-electron chi connectivity index (χ3n) is 8.25. The molecule has 4 fully saturated rings. The molecule has 10 nitrogen and oxygen atoms in total. The monoisotopic (exact) mass is 577 g/mol. The number of likely N-dealkylation sites (tertiary alicyclic amines) is 1. The maximum Gasteiger partial charge on any atom is 0.291 e. The average molecular weight is 578 g/mol. The van der Waals surface area contributed by atoms with Crippen LogP contribution in [0.3, 0.4) is 0 Å². The fourth-order valence-corrected chi connectivity index (χ4v) is 6.09. The van der Waals surface area contributed by atoms with Crippen LogP contribution in [-0.2, 0) is 24.0 Å². The number of fused-ring (bicyclic) bond motifs is 1. The van der Waals surface area contributed by atoms with E-state index in [4.69, 9.17) is 11.6 Å². The van der Waals surface area contributed by atoms with Crippen LogP contribution in [-0.4, -0.2) is 82.7 Å². The number of carbonyl (C=O) groups is 5. The largest absolute Gasteiger partial charge is 0.356 e. The van der Waals surface area contributed by atoms with Crippen LogP contribution in [0.5, 0.6) is 0 Å². The molecule has 0 aromatic carbocycles. The molecule has 2 saturated carbocycles. The molecule has 39 heavy (non-hydrogen) atoms. The lowest BCUT2D eigenvalue weighted by molar-refractivity contribution is -0.150. The van der Waals surface area contributed by atoms with Gasteiger partial charge >= 0.3 is 0 Å². The highest BCUT2D eigenvalue weighted by Gasteiger charge is 2.62. The smallest absolute Gasteiger partial charge is 0.291 e. The van der Waals surface area contributed by atoms with Gasteiger partial charge in [-0.2, -0.15) is 0 Å². The SMILES string of the molecule is CC(C)(C)[C@H](NC(=O)[C@@H]1CC1(F)F)C(=O)N1C[C@@H]2CCC[C@@H]2[C@H]1C(=O)NN(C[C@@H]1CCNC1=O)C(=O)[C@H](F)Cl. The molecule has 7 atom stereocenters. The van der Waals surface area contributed by atoms with E-state index in [1.165, 1.54) is 4.90 Å². The van der Waals surface area contributed by atoms with E-state index in [1.807, 2.05) is 0 Å². The first-order valence-corrected chi connectivity index (χ1v) is 13.7. The molecule has 4 rings (SSSR count). The van der Waals surface area contributed by atoms with Gasteiger partial charge in [0.25, 0.3) is 23.4 Å². The summed E-state index contributed by atoms with van der Waals surface area (Å²) in [6.45, 7) is 5.34. The third-order valence-corrected chi connectivity index (χ3v) is 8.43. The summed E-state index contributed by atoms with van der Waals surface area (Å²) >= 11 is 5.38. The fraction of sp³-hybridized carbons (Fsp3) is 0.800. The Hall–Kier alpha value is -2.57. The molecule has 0 unspecified atom stereocenters. The summed E-state index contributed by atoms with van der Waals surface area (Å²) < 4.78 is 40.9. The van der Waals surface area contributed by atoms with Crippen LogP contribution in [0.15, 0.2) is 0 Å². The van der Waals surface area contributed by atoms with Gasteiger partial charge in [-0.25, -0.2) is 18.2 Å². The molecule has 2 saturated heterocycles. The Kier molecular flexibility index (Phi) is 8.13. The van der Waals surface area contributed by atoms with Gasteiger partial charge in [0.2, 0.25) is 17.7 Å². The van der Waals surface area contributed by atoms with Crippen LogP contribution in [0.25, 0.3) is 0 Å². The molecule has 14 heteroatoms. The first kappa shape index (κ1) is 29.4. The molecule has 2 heterocycles. The lowest BCUT2D eigenvalue weighted by atomic mass is 9.85. The number of alkyl halides is 4. The molecule has 2 aliphatic carbocycles. The number of amides is 5. The molecule has 5 amide bonds. The Morgan fingerprint density at radius 2 is 1.85 bits per heavy atom. The van der Waals surface area contributed by atoms with Crippen molar-refractivity contribution in [3.8, 4) is 0 Å². The summed E-state index contributed by atoms with van der Waals surface area (Å²) in [6, 6.07) is -2.23. The van der Waals surface area contributed by atoms with Crippen LogP contribution >= 0.6 is 11.6 Å². The first-order chi connectivity index (χ1) is 18.1. The minimum atomic E-state index is -3.11. The quantitative estimate of drug-likeness (QED) is 0.311. The van der Waals surface area contributed by atoms with Crippen molar-refractivity contribution >= 4 is 41.1 Å². The van der Waals surface area contributed by atoms with Crippen molar-refractivity contribution in [3.63, 3.8) is 0 Å². The van der Waals surface area contributed by atoms with Gasteiger partial charge in [0.15, 0.2) is 0 Å². The van der Waals surface area contributed by atoms with Crippen molar-refractivity contribution in [2.24, 2.45) is 29.1 Å². The highest BCUT2D eigenvalue weighted by molar-refractivity contribution is 6.29. The van der Waals surface area contributed by atoms with Gasteiger partial charge in [0, 0.05) is 19.5 Å². The van der Waals surface area contributed by atoms with Gasteiger partial charge in [-0.1, -0.05) is 38.8 Å². The molecule has 0 bridgehead atoms. The van der Waals surface area contributed by atoms with Gasteiger partial charge in [0.1, 0.15) is 18.0 Å². The van der Waals surface area contributed by atoms with E-state index >= 15 is 0 Å². The minimum absolute atomic E-state index is 0.0134. The number of hydrogen-bond acceptors (Lipinski definition) is 5. The number of nitrogens with one attached hydrogen (secondary N) is 3. The second-order valence-corrected chi connectivity index (χ2v) is 12.5. The second kappa shape index (κ2) is 10.8. The summed E-state index contributed by atoms with van der Waals surface area (Å²) in [5, 5.41) is 5.79. The van der Waals surface area contributed by atoms with E-state index in [9.17, 15) is 37.1 Å². The third kappa shape index (κ3) is 6.12. The molecule has 0 aromatic rings. The van der Waals surface area contributed by atoms with Crippen molar-refractivity contribution in [1.82, 2.24) is 26.0 Å². The summed E-state index contributed by atoms with van der Waals surface area (Å²) in [6.07, 6.45) is 2.02. The Balaban J connectivity index is 1.55. The number of hydrogen-bond donors (Lipinski definition) is 3. The van der Waals surface area contributed by atoms with E-state index in [0.29, 0.717) is 24.4 Å². The predicted octanol–water partition coefficient (Wildman–Crippen LogP) is 1.33. The number of nitrogens with zero attached hydrogens (tertiary/aromatic N) is 2. The lowest BCUT2D eigenvalue weighted by Gasteiger charge is -2.37. The molecule has 0 spiro atoms. The van der Waals surface area contributed by atoms with E-state index in [-0.39, 0.29) is 30.8 Å². The lowest BCUT2D eigenvalue weighted by Crippen LogP contribution is -2.61. The van der Waals surface area contributed by atoms with E-state index in [1.54, 1.807) is 20.8 Å². The van der Waals surface area contributed by atoms with Crippen molar-refractivity contribution in [2.75, 3.05) is 19.6 Å². The molecular formula is C25H35ClF3N5O5. The van der Waals surface area contributed by atoms with Crippen molar-refractivity contribution in [2.45, 2.75) is 76.5 Å². The molecule has 0 radical (unpaired) electrons. The van der Waals surface area contributed by atoms with Crippen LogP contribution < -0.4 is 16.1 Å². The maximum absolute atomic E-state index is 13.9. The topological polar surface area (TPSA) is 128 Å². The van der Waals surface area contributed by atoms with E-state index in [2.05, 4.69) is 16.1 Å². The average Bonchev–Trinajstić information content (AvgIpc) is 3.22. The van der Waals surface area contributed by atoms with E-state index in [0.717, 1.165) is 12.8 Å². The zero-order valence-corrected chi connectivity index (χ0v) is 22.9. The highest BCUT2D eigenvalue weighted by atomic mass is 35.5. The molecule has 218 valence electrons. The normalized spacial score (nSPS) is 30.7. The summed E-state index contributed by atoms with van der Waals surface area (Å²) in [4.78, 5) is 65.9. The zero-order chi connectivity index (χ0) is 28.9. The molecule has 0 aromatic heterocycles. The van der Waals surface area contributed by atoms with Gasteiger partial charge in [-0.15, -0.1) is 0 Å². The first-order valence-electron chi connectivity index (χ1n) is 13.3. The molecule has 2 aliphatic heterocycles. The standard InChI is InChI=1S/C25H35ClF3N5O5/c1-24(2,3)17(31-20(36)15-9-25(15,28)29)22(38)33-10-12-5-4-6-14(12)16(33)21(37)32-34(23(39)18(26)27)11-13-7-8-30-19(13)35/h12-18H,4-11H2,1-3H3,(H,30,35)(H,31,36)(H,32,37)/t12-,13-,14-,15-,16-,17+,18-/m0/s1. The van der Waals surface area contributed by atoms with Crippen molar-refractivity contribution in [3.05, 3.63) is 0 Å². The number of carbonyl (C=O) groups excluding carboxylic acids is 5. The van der Waals surface area contributed by atoms with Crippen LogP contribution in [0.1, 0.15) is 52.9 Å². The highest BCUT2D eigenvalue weighted by Crippen LogP contribution is 2.49. The van der Waals surface area contributed by atoms with Crippen molar-refractivity contribution < 1.29 is 37.1 Å². The van der Waals surface area contributed by atoms with Crippen LogP contribution in [0.2, 0.25) is 0 Å². The zero-order valence-electron chi connectivity index (χ0n) is 22.1. The Morgan fingerprint density at radius 3 is 2.38 bits per heavy atom. The second-order valence-electron chi connectivity index (χ2n) is 12.1. The van der Waals surface area contributed by atoms with Gasteiger partial charge in [-0.3, -0.25) is 29.4 Å². The summed E-state index contributed by atoms with van der Waals surface area (Å²) in [7, 11) is 0. The van der Waals surface area contributed by atoms with Crippen LogP contribution in [0.4, 0.5) is 13.2 Å². The van der Waals surface area contributed by atoms with Gasteiger partial charge < -0.3 is 15.5 Å². The summed E-state index contributed by atoms with van der Waals surface area (Å²) in [5.74, 6) is -9.38. The van der Waals surface area contributed by atoms with Gasteiger partial charge in [0.05, 0.1) is 12.5 Å². The number of hydrazine groups is 1. The predicted molar refractivity (Wildman–Crippen MR) is 132 cm³/mol. The maximum atomic E-state index is 13.9. The Bertz CT molecular complexity index is 1040. The minimum Gasteiger partial charge on any atom is -0.356 e. The Morgan fingerprint density at radius 1 is 1.18 bits per heavy atom. The van der Waals surface area contributed by atoms with E-state index < -0.39 is 70.9 Å². The number of halogens is 4. The summed E-state index contributed by atoms with van der Waals surface area (Å²) in [5.41, 5.74) is -0.927. The molecule has 3 N–H and O–H groups in total. The Labute approximate surface area is 229 Å². The van der Waals surface area contributed by atoms with Crippen LogP contribution in [0, 0.1) is 29.1 Å². The van der Waals surface area contributed by atoms with Crippen molar-refractivity contribution in [1.29, 1.82) is 0 Å². The number of rotatable bonds is 7. The van der Waals surface area contributed by atoms with Gasteiger partial charge in [-0.05, 0) is 36.5 Å².